The Kier molecular flexibility index (Phi) is 5.79. The molecule has 0 bridgehead atoms. The smallest absolute Gasteiger partial charge is 0.168 e. The molecule has 3 nitrogen and oxygen atoms in total. The Hall–Kier alpha value is -0.900. The third-order valence-electron chi connectivity index (χ3n) is 2.99. The average molecular weight is 271 g/mol. The van der Waals surface area contributed by atoms with Gasteiger partial charge in [0.15, 0.2) is 11.4 Å². The number of carbonyl (C=O) groups is 1. The van der Waals surface area contributed by atoms with Gasteiger partial charge in [0.05, 0.1) is 12.0 Å². The van der Waals surface area contributed by atoms with Gasteiger partial charge < -0.3 is 10.2 Å². The van der Waals surface area contributed by atoms with Gasteiger partial charge in [-0.3, -0.25) is 4.79 Å². The minimum Gasteiger partial charge on any atom is -0.389 e. The van der Waals surface area contributed by atoms with E-state index in [0.29, 0.717) is 6.42 Å². The Bertz CT molecular complexity index is 380. The molecule has 2 N–H and O–H groups in total. The van der Waals surface area contributed by atoms with Crippen molar-refractivity contribution >= 4 is 17.4 Å². The molecule has 0 aliphatic carbocycles. The number of halogens is 1. The highest BCUT2D eigenvalue weighted by molar-refractivity contribution is 6.20. The number of aliphatic hydroxyl groups is 2. The van der Waals surface area contributed by atoms with Crippen LogP contribution in [0.2, 0.25) is 0 Å². The lowest BCUT2D eigenvalue weighted by Crippen LogP contribution is -2.52. The Morgan fingerprint density at radius 2 is 2.00 bits per heavy atom. The summed E-state index contributed by atoms with van der Waals surface area (Å²) >= 11 is 5.67. The van der Waals surface area contributed by atoms with Crippen LogP contribution < -0.4 is 0 Å². The van der Waals surface area contributed by atoms with Gasteiger partial charge in [-0.15, -0.1) is 11.6 Å². The number of hydrogen-bond donors (Lipinski definition) is 2. The molecular formula is C14H19ClO3. The number of hydrogen-bond acceptors (Lipinski definition) is 3. The lowest BCUT2D eigenvalue weighted by atomic mass is 9.87. The predicted molar refractivity (Wildman–Crippen MR) is 71.7 cm³/mol. The van der Waals surface area contributed by atoms with Crippen molar-refractivity contribution < 1.29 is 15.0 Å². The molecule has 0 heterocycles. The first-order valence-corrected chi connectivity index (χ1v) is 6.61. The van der Waals surface area contributed by atoms with E-state index in [1.54, 1.807) is 0 Å². The van der Waals surface area contributed by atoms with E-state index in [2.05, 4.69) is 0 Å². The molecule has 0 saturated heterocycles. The SMILES string of the molecule is CCCC(=O)C(O)(CCl)C(O)Cc1ccccc1. The fraction of sp³-hybridized carbons (Fsp3) is 0.500. The van der Waals surface area contributed by atoms with Gasteiger partial charge in [-0.25, -0.2) is 0 Å². The van der Waals surface area contributed by atoms with E-state index in [1.807, 2.05) is 37.3 Å². The molecule has 4 heteroatoms. The van der Waals surface area contributed by atoms with Gasteiger partial charge in [0.1, 0.15) is 0 Å². The van der Waals surface area contributed by atoms with Crippen LogP contribution >= 0.6 is 11.6 Å². The zero-order valence-electron chi connectivity index (χ0n) is 10.5. The van der Waals surface area contributed by atoms with Gasteiger partial charge in [-0.2, -0.15) is 0 Å². The Balaban J connectivity index is 2.78. The second-order valence-electron chi connectivity index (χ2n) is 4.44. The van der Waals surface area contributed by atoms with Gasteiger partial charge in [0, 0.05) is 12.8 Å². The van der Waals surface area contributed by atoms with Crippen molar-refractivity contribution in [1.82, 2.24) is 0 Å². The minimum atomic E-state index is -1.85. The third-order valence-corrected chi connectivity index (χ3v) is 3.39. The maximum atomic E-state index is 11.8. The van der Waals surface area contributed by atoms with Crippen molar-refractivity contribution in [2.45, 2.75) is 37.9 Å². The van der Waals surface area contributed by atoms with E-state index in [4.69, 9.17) is 11.6 Å². The molecule has 0 amide bonds. The second kappa shape index (κ2) is 6.88. The predicted octanol–water partition coefficient (Wildman–Crippen LogP) is 1.93. The molecule has 0 saturated carbocycles. The van der Waals surface area contributed by atoms with Gasteiger partial charge in [-0.05, 0) is 12.0 Å². The second-order valence-corrected chi connectivity index (χ2v) is 4.70. The summed E-state index contributed by atoms with van der Waals surface area (Å²) in [5.74, 6) is -0.691. The van der Waals surface area contributed by atoms with E-state index in [9.17, 15) is 15.0 Å². The molecule has 0 spiro atoms. The van der Waals surface area contributed by atoms with E-state index in [1.165, 1.54) is 0 Å². The van der Waals surface area contributed by atoms with Crippen LogP contribution in [0.1, 0.15) is 25.3 Å². The van der Waals surface area contributed by atoms with E-state index < -0.39 is 17.5 Å². The van der Waals surface area contributed by atoms with Gasteiger partial charge in [0.2, 0.25) is 0 Å². The van der Waals surface area contributed by atoms with Crippen molar-refractivity contribution in [1.29, 1.82) is 0 Å². The first kappa shape index (κ1) is 15.2. The average Bonchev–Trinajstić information content (AvgIpc) is 2.39. The molecule has 1 aromatic carbocycles. The molecular weight excluding hydrogens is 252 g/mol. The summed E-state index contributed by atoms with van der Waals surface area (Å²) in [6.07, 6.45) is -0.138. The van der Waals surface area contributed by atoms with Gasteiger partial charge in [-0.1, -0.05) is 37.3 Å². The van der Waals surface area contributed by atoms with Crippen LogP contribution in [0.15, 0.2) is 30.3 Å². The molecule has 2 unspecified atom stereocenters. The van der Waals surface area contributed by atoms with Crippen LogP contribution in [0.3, 0.4) is 0 Å². The lowest BCUT2D eigenvalue weighted by Gasteiger charge is -2.29. The van der Waals surface area contributed by atoms with E-state index in [0.717, 1.165) is 5.56 Å². The summed E-state index contributed by atoms with van der Waals surface area (Å²) in [6, 6.07) is 9.22. The molecule has 1 aromatic rings. The number of benzene rings is 1. The molecule has 0 aromatic heterocycles. The van der Waals surface area contributed by atoms with Crippen molar-refractivity contribution in [3.05, 3.63) is 35.9 Å². The minimum absolute atomic E-state index is 0.208. The Labute approximate surface area is 112 Å². The molecule has 100 valence electrons. The largest absolute Gasteiger partial charge is 0.389 e. The molecule has 0 fully saturated rings. The summed E-state index contributed by atoms with van der Waals surface area (Å²) in [5, 5.41) is 20.3. The number of carbonyl (C=O) groups excluding carboxylic acids is 1. The zero-order valence-corrected chi connectivity index (χ0v) is 11.2. The number of aliphatic hydroxyl groups excluding tert-OH is 1. The summed E-state index contributed by atoms with van der Waals surface area (Å²) < 4.78 is 0. The van der Waals surface area contributed by atoms with Crippen molar-refractivity contribution in [2.75, 3.05) is 5.88 Å². The fourth-order valence-electron chi connectivity index (χ4n) is 1.80. The van der Waals surface area contributed by atoms with Crippen molar-refractivity contribution in [3.63, 3.8) is 0 Å². The number of rotatable bonds is 7. The number of ketones is 1. The maximum absolute atomic E-state index is 11.8. The van der Waals surface area contributed by atoms with Crippen molar-refractivity contribution in [2.24, 2.45) is 0 Å². The number of Topliss-reactive ketones (excluding diaryl/α,β-unsaturated/α-hetero) is 1. The standard InChI is InChI=1S/C14H19ClO3/c1-2-6-12(16)14(18,10-15)13(17)9-11-7-4-3-5-8-11/h3-5,7-8,13,17-18H,2,6,9-10H2,1H3. The molecule has 0 radical (unpaired) electrons. The molecule has 0 aliphatic heterocycles. The fourth-order valence-corrected chi connectivity index (χ4v) is 2.13. The van der Waals surface area contributed by atoms with Crippen LogP contribution in [-0.2, 0) is 11.2 Å². The molecule has 0 aliphatic rings. The molecule has 2 atom stereocenters. The van der Waals surface area contributed by atoms with Gasteiger partial charge in [0.25, 0.3) is 0 Å². The zero-order chi connectivity index (χ0) is 13.6. The normalized spacial score (nSPS) is 16.0. The third kappa shape index (κ3) is 3.55. The highest BCUT2D eigenvalue weighted by Gasteiger charge is 2.41. The van der Waals surface area contributed by atoms with Crippen LogP contribution in [0.4, 0.5) is 0 Å². The summed E-state index contributed by atoms with van der Waals surface area (Å²) in [4.78, 5) is 11.8. The quantitative estimate of drug-likeness (QED) is 0.745. The van der Waals surface area contributed by atoms with Crippen LogP contribution in [0.5, 0.6) is 0 Å². The Morgan fingerprint density at radius 1 is 1.39 bits per heavy atom. The van der Waals surface area contributed by atoms with Crippen LogP contribution in [-0.4, -0.2) is 33.6 Å². The number of alkyl halides is 1. The molecule has 18 heavy (non-hydrogen) atoms. The van der Waals surface area contributed by atoms with Crippen LogP contribution in [0, 0.1) is 0 Å². The summed E-state index contributed by atoms with van der Waals surface area (Å²) in [7, 11) is 0. The molecule has 1 rings (SSSR count). The lowest BCUT2D eigenvalue weighted by molar-refractivity contribution is -0.146. The topological polar surface area (TPSA) is 57.5 Å². The Morgan fingerprint density at radius 3 is 2.50 bits per heavy atom. The first-order chi connectivity index (χ1) is 8.54. The first-order valence-electron chi connectivity index (χ1n) is 6.08. The maximum Gasteiger partial charge on any atom is 0.168 e. The highest BCUT2D eigenvalue weighted by atomic mass is 35.5. The summed E-state index contributed by atoms with van der Waals surface area (Å²) in [6.45, 7) is 1.84. The van der Waals surface area contributed by atoms with E-state index in [-0.39, 0.29) is 18.7 Å². The van der Waals surface area contributed by atoms with Crippen molar-refractivity contribution in [3.8, 4) is 0 Å². The van der Waals surface area contributed by atoms with Crippen LogP contribution in [0.25, 0.3) is 0 Å². The van der Waals surface area contributed by atoms with Gasteiger partial charge >= 0.3 is 0 Å². The highest BCUT2D eigenvalue weighted by Crippen LogP contribution is 2.20. The monoisotopic (exact) mass is 270 g/mol. The summed E-state index contributed by atoms with van der Waals surface area (Å²) in [5.41, 5.74) is -0.995. The van der Waals surface area contributed by atoms with E-state index >= 15 is 0 Å².